The van der Waals surface area contributed by atoms with Gasteiger partial charge < -0.3 is 15.5 Å². The molecule has 0 aromatic carbocycles. The van der Waals surface area contributed by atoms with Gasteiger partial charge in [-0.1, -0.05) is 13.5 Å². The van der Waals surface area contributed by atoms with Gasteiger partial charge in [-0.25, -0.2) is 0 Å². The number of carbonyl (C=O) groups is 1. The summed E-state index contributed by atoms with van der Waals surface area (Å²) >= 11 is 0. The predicted molar refractivity (Wildman–Crippen MR) is 63.1 cm³/mol. The Labute approximate surface area is 95.9 Å². The summed E-state index contributed by atoms with van der Waals surface area (Å²) < 4.78 is 10.7. The fraction of sp³-hybridized carbons (Fsp3) is 0.700. The van der Waals surface area contributed by atoms with E-state index in [1.165, 1.54) is 0 Å². The molecule has 0 aliphatic heterocycles. The smallest absolute Gasteiger partial charge is 0.325 e. The summed E-state index contributed by atoms with van der Waals surface area (Å²) in [5.74, 6) is -0.138. The number of allylic oxidation sites excluding steroid dienone is 1. The molecular weight excluding hydrogens is 229 g/mol. The summed E-state index contributed by atoms with van der Waals surface area (Å²) in [6.07, 6.45) is 0.420. The molecule has 0 aromatic heterocycles. The van der Waals surface area contributed by atoms with Crippen LogP contribution in [0.5, 0.6) is 0 Å². The zero-order valence-corrected chi connectivity index (χ0v) is 10.7. The molecule has 0 aliphatic rings. The number of hydrogen-bond acceptors (Lipinski definition) is 3. The van der Waals surface area contributed by atoms with Gasteiger partial charge in [-0.3, -0.25) is 9.36 Å². The number of nitrogens with two attached hydrogens (primary N) is 1. The summed E-state index contributed by atoms with van der Waals surface area (Å²) in [5.41, 5.74) is 5.20. The van der Waals surface area contributed by atoms with Gasteiger partial charge in [-0.15, -0.1) is 0 Å². The topological polar surface area (TPSA) is 101 Å². The summed E-state index contributed by atoms with van der Waals surface area (Å²) in [4.78, 5) is 29.2. The first-order valence-electron chi connectivity index (χ1n) is 5.07. The maximum atomic E-state index is 11.8. The molecule has 0 amide bonds. The van der Waals surface area contributed by atoms with Crippen molar-refractivity contribution in [1.29, 1.82) is 0 Å². The van der Waals surface area contributed by atoms with Crippen LogP contribution >= 0.6 is 7.60 Å². The van der Waals surface area contributed by atoms with Gasteiger partial charge in [0.25, 0.3) is 0 Å². The SMILES string of the molecule is C=C(C)C(=O)C(C)(CN)CCCP(=O)(O)O. The van der Waals surface area contributed by atoms with Gasteiger partial charge in [-0.05, 0) is 25.3 Å². The molecule has 1 atom stereocenters. The summed E-state index contributed by atoms with van der Waals surface area (Å²) in [6.45, 7) is 7.03. The van der Waals surface area contributed by atoms with Crippen molar-refractivity contribution >= 4 is 13.4 Å². The minimum atomic E-state index is -3.99. The highest BCUT2D eigenvalue weighted by molar-refractivity contribution is 7.51. The molecule has 0 aromatic rings. The lowest BCUT2D eigenvalue weighted by Gasteiger charge is -2.26. The minimum absolute atomic E-state index is 0.138. The highest BCUT2D eigenvalue weighted by Gasteiger charge is 2.32. The molecule has 1 unspecified atom stereocenters. The van der Waals surface area contributed by atoms with Crippen LogP contribution < -0.4 is 5.73 Å². The van der Waals surface area contributed by atoms with Crippen molar-refractivity contribution in [2.45, 2.75) is 26.7 Å². The first kappa shape index (κ1) is 15.5. The van der Waals surface area contributed by atoms with Gasteiger partial charge >= 0.3 is 7.60 Å². The third-order valence-corrected chi connectivity index (χ3v) is 3.46. The largest absolute Gasteiger partial charge is 0.329 e. The number of rotatable bonds is 7. The quantitative estimate of drug-likeness (QED) is 0.462. The van der Waals surface area contributed by atoms with E-state index < -0.39 is 13.0 Å². The van der Waals surface area contributed by atoms with E-state index in [4.69, 9.17) is 15.5 Å². The zero-order chi connectivity index (χ0) is 13.0. The fourth-order valence-corrected chi connectivity index (χ4v) is 2.07. The van der Waals surface area contributed by atoms with Crippen LogP contribution in [-0.4, -0.2) is 28.3 Å². The van der Waals surface area contributed by atoms with E-state index in [0.29, 0.717) is 12.0 Å². The van der Waals surface area contributed by atoms with Gasteiger partial charge in [0, 0.05) is 18.1 Å². The van der Waals surface area contributed by atoms with Gasteiger partial charge in [0.1, 0.15) is 0 Å². The van der Waals surface area contributed by atoms with Gasteiger partial charge in [0.2, 0.25) is 0 Å². The van der Waals surface area contributed by atoms with Gasteiger partial charge in [0.15, 0.2) is 5.78 Å². The molecule has 0 fully saturated rings. The Morgan fingerprint density at radius 1 is 1.50 bits per heavy atom. The molecule has 4 N–H and O–H groups in total. The lowest BCUT2D eigenvalue weighted by molar-refractivity contribution is -0.123. The van der Waals surface area contributed by atoms with E-state index in [9.17, 15) is 9.36 Å². The zero-order valence-electron chi connectivity index (χ0n) is 9.77. The Bertz CT molecular complexity index is 323. The second-order valence-electron chi connectivity index (χ2n) is 4.37. The van der Waals surface area contributed by atoms with Crippen LogP contribution in [0.1, 0.15) is 26.7 Å². The number of Topliss-reactive ketones (excluding diaryl/α,β-unsaturated/α-hetero) is 1. The van der Waals surface area contributed by atoms with Crippen molar-refractivity contribution in [2.24, 2.45) is 11.1 Å². The highest BCUT2D eigenvalue weighted by atomic mass is 31.2. The second kappa shape index (κ2) is 5.73. The standard InChI is InChI=1S/C10H20NO4P/c1-8(2)9(12)10(3,7-11)5-4-6-16(13,14)15/h1,4-7,11H2,2-3H3,(H2,13,14,15). The van der Waals surface area contributed by atoms with E-state index >= 15 is 0 Å². The molecule has 0 saturated heterocycles. The van der Waals surface area contributed by atoms with E-state index in [2.05, 4.69) is 6.58 Å². The Kier molecular flexibility index (Phi) is 5.56. The van der Waals surface area contributed by atoms with E-state index in [1.54, 1.807) is 13.8 Å². The second-order valence-corrected chi connectivity index (χ2v) is 6.14. The number of hydrogen-bond donors (Lipinski definition) is 3. The lowest BCUT2D eigenvalue weighted by Crippen LogP contribution is -2.36. The molecule has 0 bridgehead atoms. The molecule has 0 rings (SSSR count). The van der Waals surface area contributed by atoms with Crippen molar-refractivity contribution in [3.05, 3.63) is 12.2 Å². The van der Waals surface area contributed by atoms with Crippen LogP contribution in [-0.2, 0) is 9.36 Å². The molecule has 6 heteroatoms. The van der Waals surface area contributed by atoms with Crippen LogP contribution in [0, 0.1) is 5.41 Å². The predicted octanol–water partition coefficient (Wildman–Crippen LogP) is 1.05. The maximum Gasteiger partial charge on any atom is 0.325 e. The summed E-state index contributed by atoms with van der Waals surface area (Å²) in [5, 5.41) is 0. The van der Waals surface area contributed by atoms with Crippen LogP contribution in [0.4, 0.5) is 0 Å². The average molecular weight is 249 g/mol. The first-order valence-corrected chi connectivity index (χ1v) is 6.87. The molecular formula is C10H20NO4P. The molecule has 0 saturated carbocycles. The monoisotopic (exact) mass is 249 g/mol. The molecule has 16 heavy (non-hydrogen) atoms. The first-order chi connectivity index (χ1) is 7.12. The summed E-state index contributed by atoms with van der Waals surface area (Å²) in [7, 11) is -3.99. The maximum absolute atomic E-state index is 11.8. The third-order valence-electron chi connectivity index (χ3n) is 2.56. The van der Waals surface area contributed by atoms with Crippen molar-refractivity contribution in [2.75, 3.05) is 12.7 Å². The van der Waals surface area contributed by atoms with Crippen LogP contribution in [0.2, 0.25) is 0 Å². The van der Waals surface area contributed by atoms with Crippen LogP contribution in [0.3, 0.4) is 0 Å². The van der Waals surface area contributed by atoms with Gasteiger partial charge in [0.05, 0.1) is 0 Å². The van der Waals surface area contributed by atoms with Crippen LogP contribution in [0.25, 0.3) is 0 Å². The van der Waals surface area contributed by atoms with Crippen molar-refractivity contribution in [3.8, 4) is 0 Å². The van der Waals surface area contributed by atoms with Crippen molar-refractivity contribution in [1.82, 2.24) is 0 Å². The minimum Gasteiger partial charge on any atom is -0.329 e. The Balaban J connectivity index is 4.45. The van der Waals surface area contributed by atoms with Crippen LogP contribution in [0.15, 0.2) is 12.2 Å². The van der Waals surface area contributed by atoms with E-state index in [-0.39, 0.29) is 24.9 Å². The summed E-state index contributed by atoms with van der Waals surface area (Å²) in [6, 6.07) is 0. The van der Waals surface area contributed by atoms with E-state index in [0.717, 1.165) is 0 Å². The number of carbonyl (C=O) groups excluding carboxylic acids is 1. The normalized spacial score (nSPS) is 15.6. The third kappa shape index (κ3) is 5.03. The van der Waals surface area contributed by atoms with E-state index in [1.807, 2.05) is 0 Å². The van der Waals surface area contributed by atoms with Crippen molar-refractivity contribution in [3.63, 3.8) is 0 Å². The van der Waals surface area contributed by atoms with Crippen molar-refractivity contribution < 1.29 is 19.1 Å². The average Bonchev–Trinajstić information content (AvgIpc) is 2.14. The molecule has 5 nitrogen and oxygen atoms in total. The number of ketones is 1. The Hall–Kier alpha value is -0.480. The molecule has 0 aliphatic carbocycles. The fourth-order valence-electron chi connectivity index (χ4n) is 1.50. The molecule has 0 spiro atoms. The highest BCUT2D eigenvalue weighted by Crippen LogP contribution is 2.37. The molecule has 0 radical (unpaired) electrons. The molecule has 0 heterocycles. The molecule has 94 valence electrons. The Morgan fingerprint density at radius 3 is 2.31 bits per heavy atom. The lowest BCUT2D eigenvalue weighted by atomic mass is 9.79. The Morgan fingerprint density at radius 2 is 2.00 bits per heavy atom. The van der Waals surface area contributed by atoms with Gasteiger partial charge in [-0.2, -0.15) is 0 Å².